The Bertz CT molecular complexity index is 676. The molecule has 4 heteroatoms. The molecule has 0 bridgehead atoms. The molecule has 4 rings (SSSR count). The second-order valence-electron chi connectivity index (χ2n) is 5.45. The molecule has 0 radical (unpaired) electrons. The number of fused-ring (bicyclic) bond motifs is 5. The van der Waals surface area contributed by atoms with Crippen molar-refractivity contribution in [2.45, 2.75) is 31.7 Å². The van der Waals surface area contributed by atoms with Crippen molar-refractivity contribution in [2.75, 3.05) is 6.54 Å². The normalized spacial score (nSPS) is 22.5. The van der Waals surface area contributed by atoms with E-state index in [1.54, 1.807) is 0 Å². The Kier molecular flexibility index (Phi) is 2.49. The van der Waals surface area contributed by atoms with Crippen molar-refractivity contribution in [3.63, 3.8) is 0 Å². The van der Waals surface area contributed by atoms with Crippen LogP contribution in [0.4, 0.5) is 0 Å². The fourth-order valence-electron chi connectivity index (χ4n) is 3.53. The molecule has 1 N–H and O–H groups in total. The Labute approximate surface area is 120 Å². The molecule has 19 heavy (non-hydrogen) atoms. The minimum atomic E-state index is 0.274. The van der Waals surface area contributed by atoms with Crippen molar-refractivity contribution in [3.8, 4) is 0 Å². The Balaban J connectivity index is 1.89. The molecule has 1 aromatic heterocycles. The van der Waals surface area contributed by atoms with Gasteiger partial charge < -0.3 is 9.88 Å². The Morgan fingerprint density at radius 2 is 2.21 bits per heavy atom. The monoisotopic (exact) mass is 318 g/mol. The van der Waals surface area contributed by atoms with Gasteiger partial charge >= 0.3 is 0 Å². The van der Waals surface area contributed by atoms with Crippen LogP contribution in [0.5, 0.6) is 0 Å². The lowest BCUT2D eigenvalue weighted by Gasteiger charge is -2.39. The molecular formula is C15H15BrN2O. The summed E-state index contributed by atoms with van der Waals surface area (Å²) in [6, 6.07) is 6.64. The number of aromatic amines is 1. The number of aromatic nitrogens is 1. The van der Waals surface area contributed by atoms with Crippen LogP contribution < -0.4 is 0 Å². The van der Waals surface area contributed by atoms with E-state index in [1.165, 1.54) is 22.2 Å². The average molecular weight is 319 g/mol. The predicted molar refractivity (Wildman–Crippen MR) is 78.0 cm³/mol. The summed E-state index contributed by atoms with van der Waals surface area (Å²) >= 11 is 3.54. The van der Waals surface area contributed by atoms with Crippen molar-refractivity contribution in [2.24, 2.45) is 0 Å². The van der Waals surface area contributed by atoms with Crippen LogP contribution in [-0.2, 0) is 11.2 Å². The number of hydrogen-bond donors (Lipinski definition) is 1. The van der Waals surface area contributed by atoms with Crippen LogP contribution in [0.15, 0.2) is 22.7 Å². The molecule has 1 fully saturated rings. The highest BCUT2D eigenvalue weighted by Gasteiger charge is 2.35. The van der Waals surface area contributed by atoms with Gasteiger partial charge in [0.2, 0.25) is 5.91 Å². The molecule has 1 atom stereocenters. The fraction of sp³-hybridized carbons (Fsp3) is 0.400. The number of carbonyl (C=O) groups excluding carboxylic acids is 1. The van der Waals surface area contributed by atoms with Gasteiger partial charge in [-0.2, -0.15) is 0 Å². The third kappa shape index (κ3) is 1.66. The first-order chi connectivity index (χ1) is 9.24. The van der Waals surface area contributed by atoms with Crippen LogP contribution in [0.1, 0.15) is 36.6 Å². The van der Waals surface area contributed by atoms with E-state index in [-0.39, 0.29) is 6.04 Å². The minimum Gasteiger partial charge on any atom is -0.356 e. The van der Waals surface area contributed by atoms with Crippen molar-refractivity contribution in [1.29, 1.82) is 0 Å². The SMILES string of the molecule is O=C1CCCC2c3[nH]c4ccc(Br)cc4c3CCN12. The number of H-pyrrole nitrogens is 1. The molecule has 3 nitrogen and oxygen atoms in total. The number of rotatable bonds is 0. The van der Waals surface area contributed by atoms with E-state index in [4.69, 9.17) is 0 Å². The van der Waals surface area contributed by atoms with Crippen LogP contribution in [-0.4, -0.2) is 22.3 Å². The largest absolute Gasteiger partial charge is 0.356 e. The number of hydrogen-bond acceptors (Lipinski definition) is 1. The number of nitrogens with one attached hydrogen (secondary N) is 1. The molecule has 0 aliphatic carbocycles. The van der Waals surface area contributed by atoms with E-state index in [9.17, 15) is 4.79 Å². The molecular weight excluding hydrogens is 304 g/mol. The van der Waals surface area contributed by atoms with Gasteiger partial charge in [0, 0.05) is 34.0 Å². The van der Waals surface area contributed by atoms with E-state index >= 15 is 0 Å². The highest BCUT2D eigenvalue weighted by Crippen LogP contribution is 2.40. The number of amides is 1. The Morgan fingerprint density at radius 3 is 3.11 bits per heavy atom. The maximum atomic E-state index is 12.0. The number of halogens is 1. The maximum absolute atomic E-state index is 12.0. The van der Waals surface area contributed by atoms with E-state index in [0.29, 0.717) is 5.91 Å². The molecule has 0 spiro atoms. The first-order valence-corrected chi connectivity index (χ1v) is 7.63. The fourth-order valence-corrected chi connectivity index (χ4v) is 3.89. The number of benzene rings is 1. The predicted octanol–water partition coefficient (Wildman–Crippen LogP) is 3.54. The smallest absolute Gasteiger partial charge is 0.223 e. The Hall–Kier alpha value is -1.29. The summed E-state index contributed by atoms with van der Waals surface area (Å²) in [5.74, 6) is 0.321. The van der Waals surface area contributed by atoms with Gasteiger partial charge in [0.15, 0.2) is 0 Å². The van der Waals surface area contributed by atoms with Gasteiger partial charge in [0.1, 0.15) is 0 Å². The van der Waals surface area contributed by atoms with Gasteiger partial charge in [-0.1, -0.05) is 15.9 Å². The quantitative estimate of drug-likeness (QED) is 0.792. The third-order valence-electron chi connectivity index (χ3n) is 4.40. The maximum Gasteiger partial charge on any atom is 0.223 e. The molecule has 2 aromatic rings. The summed E-state index contributed by atoms with van der Waals surface area (Å²) < 4.78 is 1.11. The van der Waals surface area contributed by atoms with Crippen molar-refractivity contribution < 1.29 is 4.79 Å². The van der Waals surface area contributed by atoms with Gasteiger partial charge in [0.25, 0.3) is 0 Å². The molecule has 98 valence electrons. The molecule has 2 aliphatic heterocycles. The summed E-state index contributed by atoms with van der Waals surface area (Å²) in [7, 11) is 0. The third-order valence-corrected chi connectivity index (χ3v) is 4.90. The second kappa shape index (κ2) is 4.10. The Morgan fingerprint density at radius 1 is 1.32 bits per heavy atom. The van der Waals surface area contributed by atoms with Gasteiger partial charge in [-0.25, -0.2) is 0 Å². The zero-order valence-corrected chi connectivity index (χ0v) is 12.2. The number of piperidine rings is 1. The van der Waals surface area contributed by atoms with Crippen LogP contribution in [0.25, 0.3) is 10.9 Å². The zero-order valence-electron chi connectivity index (χ0n) is 10.6. The highest BCUT2D eigenvalue weighted by molar-refractivity contribution is 9.10. The van der Waals surface area contributed by atoms with E-state index in [2.05, 4.69) is 44.0 Å². The first-order valence-electron chi connectivity index (χ1n) is 6.83. The topological polar surface area (TPSA) is 36.1 Å². The molecule has 2 aliphatic rings. The van der Waals surface area contributed by atoms with E-state index in [1.807, 2.05) is 0 Å². The van der Waals surface area contributed by atoms with Gasteiger partial charge in [0.05, 0.1) is 6.04 Å². The summed E-state index contributed by atoms with van der Waals surface area (Å²) in [5, 5.41) is 1.31. The molecule has 1 aromatic carbocycles. The average Bonchev–Trinajstić information content (AvgIpc) is 2.77. The van der Waals surface area contributed by atoms with Crippen LogP contribution in [0.2, 0.25) is 0 Å². The van der Waals surface area contributed by atoms with Gasteiger partial charge in [-0.15, -0.1) is 0 Å². The summed E-state index contributed by atoms with van der Waals surface area (Å²) in [6.45, 7) is 0.871. The lowest BCUT2D eigenvalue weighted by Crippen LogP contribution is -2.42. The van der Waals surface area contributed by atoms with Crippen LogP contribution in [0, 0.1) is 0 Å². The zero-order chi connectivity index (χ0) is 13.0. The van der Waals surface area contributed by atoms with Crippen LogP contribution in [0.3, 0.4) is 0 Å². The molecule has 0 saturated carbocycles. The molecule has 3 heterocycles. The first kappa shape index (κ1) is 11.5. The van der Waals surface area contributed by atoms with Crippen LogP contribution >= 0.6 is 15.9 Å². The molecule has 1 amide bonds. The summed E-state index contributed by atoms with van der Waals surface area (Å²) in [4.78, 5) is 17.6. The number of carbonyl (C=O) groups is 1. The standard InChI is InChI=1S/C15H15BrN2O/c16-9-4-5-12-11(8-9)10-6-7-18-13(15(10)17-12)2-1-3-14(18)19/h4-5,8,13,17H,1-3,6-7H2. The van der Waals surface area contributed by atoms with Gasteiger partial charge in [-0.3, -0.25) is 4.79 Å². The lowest BCUT2D eigenvalue weighted by molar-refractivity contribution is -0.137. The second-order valence-corrected chi connectivity index (χ2v) is 6.37. The molecule has 1 unspecified atom stereocenters. The minimum absolute atomic E-state index is 0.274. The summed E-state index contributed by atoms with van der Waals surface area (Å²) in [5.41, 5.74) is 3.87. The van der Waals surface area contributed by atoms with Crippen molar-refractivity contribution in [3.05, 3.63) is 33.9 Å². The molecule has 1 saturated heterocycles. The van der Waals surface area contributed by atoms with E-state index < -0.39 is 0 Å². The summed E-state index contributed by atoms with van der Waals surface area (Å²) in [6.07, 6.45) is 3.79. The highest BCUT2D eigenvalue weighted by atomic mass is 79.9. The lowest BCUT2D eigenvalue weighted by atomic mass is 9.90. The van der Waals surface area contributed by atoms with Crippen molar-refractivity contribution >= 4 is 32.7 Å². The number of nitrogens with zero attached hydrogens (tertiary/aromatic N) is 1. The van der Waals surface area contributed by atoms with E-state index in [0.717, 1.165) is 36.7 Å². The van der Waals surface area contributed by atoms with Crippen molar-refractivity contribution in [1.82, 2.24) is 9.88 Å². The van der Waals surface area contributed by atoms with Gasteiger partial charge in [-0.05, 0) is 43.0 Å².